The first-order valence-corrected chi connectivity index (χ1v) is 21.5. The third-order valence-electron chi connectivity index (χ3n) is 10.5. The average Bonchev–Trinajstić information content (AvgIpc) is 3.26. The lowest BCUT2D eigenvalue weighted by Crippen LogP contribution is -2.40. The van der Waals surface area contributed by atoms with Gasteiger partial charge in [0.1, 0.15) is 102 Å². The molecule has 0 saturated heterocycles. The summed E-state index contributed by atoms with van der Waals surface area (Å²) >= 11 is 0. The molecule has 1 fully saturated rings. The molecule has 1 saturated carbocycles. The first-order chi connectivity index (χ1) is 31.1. The Bertz CT molecular complexity index is 1880. The van der Waals surface area contributed by atoms with Gasteiger partial charge in [-0.3, -0.25) is 47.9 Å². The summed E-state index contributed by atoms with van der Waals surface area (Å²) in [5.41, 5.74) is -2.48. The van der Waals surface area contributed by atoms with E-state index in [9.17, 15) is 57.5 Å². The number of hydrogen-bond acceptors (Lipinski definition) is 20. The summed E-state index contributed by atoms with van der Waals surface area (Å²) in [6, 6.07) is 5.38. The molecule has 0 spiro atoms. The topological polar surface area (TPSA) is 279 Å². The van der Waals surface area contributed by atoms with Crippen LogP contribution in [0.4, 0.5) is 0 Å². The van der Waals surface area contributed by atoms with Crippen molar-refractivity contribution >= 4 is 70.9 Å². The highest BCUT2D eigenvalue weighted by atomic mass is 16.6. The number of rotatable bonds is 29. The normalized spacial score (nSPS) is 14.6. The molecule has 0 N–H and O–H groups in total. The molecule has 0 amide bonds. The maximum absolute atomic E-state index is 13.1. The molecule has 0 atom stereocenters. The van der Waals surface area contributed by atoms with Gasteiger partial charge in [-0.15, -0.1) is 0 Å². The van der Waals surface area contributed by atoms with Crippen LogP contribution in [0.5, 0.6) is 0 Å². The summed E-state index contributed by atoms with van der Waals surface area (Å²) in [6.07, 6.45) is -0.358. The first-order valence-electron chi connectivity index (χ1n) is 21.5. The minimum atomic E-state index is -1.24. The lowest BCUT2D eigenvalue weighted by atomic mass is 9.82. The first kappa shape index (κ1) is 55.8. The van der Waals surface area contributed by atoms with E-state index < -0.39 is 126 Å². The van der Waals surface area contributed by atoms with Crippen molar-refractivity contribution in [3.8, 4) is 0 Å². The molecule has 1 aromatic rings. The van der Waals surface area contributed by atoms with Crippen LogP contribution in [0.3, 0.4) is 0 Å². The van der Waals surface area contributed by atoms with Gasteiger partial charge < -0.3 is 37.9 Å². The maximum atomic E-state index is 13.1. The van der Waals surface area contributed by atoms with Crippen LogP contribution in [0.25, 0.3) is 0 Å². The average molecular weight is 933 g/mol. The summed E-state index contributed by atoms with van der Waals surface area (Å²) in [6.45, 7) is 5.49. The predicted octanol–water partition coefficient (Wildman–Crippen LogP) is 3.78. The molecular weight excluding hydrogens is 872 g/mol. The van der Waals surface area contributed by atoms with Crippen LogP contribution >= 0.6 is 0 Å². The van der Waals surface area contributed by atoms with Crippen molar-refractivity contribution in [3.63, 3.8) is 0 Å². The molecule has 0 heterocycles. The summed E-state index contributed by atoms with van der Waals surface area (Å²) in [5.74, 6) is -8.94. The second-order valence-corrected chi connectivity index (χ2v) is 16.5. The fourth-order valence-corrected chi connectivity index (χ4v) is 6.27. The molecule has 0 unspecified atom stereocenters. The van der Waals surface area contributed by atoms with Gasteiger partial charge >= 0.3 is 47.8 Å². The highest BCUT2D eigenvalue weighted by Crippen LogP contribution is 2.32. The Labute approximate surface area is 382 Å². The molecule has 20 heteroatoms. The molecule has 20 nitrogen and oxygen atoms in total. The SMILES string of the molecule is CCC(COC(=O)CC(C)=O)(COC(=O)CC(C)=O)COC(=O)c1cccc(C(=O)OCCOC(=O)C2CCC(C(=O)OCC(CC)(COC(=O)CC(C)=O)COC(=O)CC(C)=O)CC2)c1. The van der Waals surface area contributed by atoms with Gasteiger partial charge in [-0.2, -0.15) is 0 Å². The highest BCUT2D eigenvalue weighted by Gasteiger charge is 2.38. The number of carbonyl (C=O) groups excluding carboxylic acids is 12. The third kappa shape index (κ3) is 20.7. The van der Waals surface area contributed by atoms with Crippen molar-refractivity contribution in [2.75, 3.05) is 52.9 Å². The smallest absolute Gasteiger partial charge is 0.338 e. The van der Waals surface area contributed by atoms with Gasteiger partial charge in [0.05, 0.1) is 33.8 Å². The third-order valence-corrected chi connectivity index (χ3v) is 10.5. The molecule has 2 rings (SSSR count). The van der Waals surface area contributed by atoms with Crippen molar-refractivity contribution in [3.05, 3.63) is 35.4 Å². The standard InChI is InChI=1S/C46H60O20/c1-7-45(23-61-37(51)18-29(3)47,24-62-38(52)19-30(4)48)27-65-42(56)34-14-12-33(13-15-34)41(55)59-16-17-60-43(57)35-10-9-11-36(22-35)44(58)66-28-46(8-2,25-63-39(53)20-31(5)49)26-64-40(54)21-32(6)50/h9-11,22,33-34H,7-8,12-21,23-28H2,1-6H3. The Morgan fingerprint density at radius 2 is 0.742 bits per heavy atom. The summed E-state index contributed by atoms with van der Waals surface area (Å²) in [5, 5.41) is 0. The molecule has 0 bridgehead atoms. The Morgan fingerprint density at radius 1 is 0.439 bits per heavy atom. The van der Waals surface area contributed by atoms with Gasteiger partial charge in [0.15, 0.2) is 0 Å². The van der Waals surface area contributed by atoms with Crippen LogP contribution in [-0.2, 0) is 85.8 Å². The molecule has 1 aliphatic carbocycles. The van der Waals surface area contributed by atoms with Crippen molar-refractivity contribution in [2.24, 2.45) is 22.7 Å². The Kier molecular flexibility index (Phi) is 23.6. The number of ketones is 4. The summed E-state index contributed by atoms with van der Waals surface area (Å²) < 4.78 is 42.6. The van der Waals surface area contributed by atoms with Crippen molar-refractivity contribution in [1.82, 2.24) is 0 Å². The second kappa shape index (κ2) is 27.9. The molecule has 364 valence electrons. The lowest BCUT2D eigenvalue weighted by Gasteiger charge is -2.32. The Morgan fingerprint density at radius 3 is 1.09 bits per heavy atom. The van der Waals surface area contributed by atoms with Gasteiger partial charge in [-0.05, 0) is 84.4 Å². The Balaban J connectivity index is 1.90. The largest absolute Gasteiger partial charge is 0.465 e. The van der Waals surface area contributed by atoms with E-state index in [2.05, 4.69) is 0 Å². The molecule has 0 aromatic heterocycles. The minimum absolute atomic E-state index is 0.0294. The summed E-state index contributed by atoms with van der Waals surface area (Å²) in [4.78, 5) is 146. The zero-order valence-corrected chi connectivity index (χ0v) is 38.4. The van der Waals surface area contributed by atoms with Crippen LogP contribution in [0.1, 0.15) is 126 Å². The number of esters is 8. The lowest BCUT2D eigenvalue weighted by molar-refractivity contribution is -0.166. The number of ether oxygens (including phenoxy) is 8. The fourth-order valence-electron chi connectivity index (χ4n) is 6.27. The van der Waals surface area contributed by atoms with E-state index >= 15 is 0 Å². The van der Waals surface area contributed by atoms with E-state index in [1.54, 1.807) is 13.8 Å². The Hall–Kier alpha value is -6.34. The van der Waals surface area contributed by atoms with Crippen molar-refractivity contribution < 1.29 is 95.4 Å². The zero-order chi connectivity index (χ0) is 49.5. The van der Waals surface area contributed by atoms with E-state index in [0.29, 0.717) is 12.8 Å². The zero-order valence-electron chi connectivity index (χ0n) is 38.4. The van der Waals surface area contributed by atoms with Gasteiger partial charge in [0, 0.05) is 0 Å². The second-order valence-electron chi connectivity index (χ2n) is 16.5. The van der Waals surface area contributed by atoms with Gasteiger partial charge in [-0.25, -0.2) is 9.59 Å². The van der Waals surface area contributed by atoms with E-state index in [-0.39, 0.29) is 83.1 Å². The monoisotopic (exact) mass is 932 g/mol. The van der Waals surface area contributed by atoms with E-state index in [1.807, 2.05) is 0 Å². The predicted molar refractivity (Wildman–Crippen MR) is 225 cm³/mol. The molecule has 0 aliphatic heterocycles. The minimum Gasteiger partial charge on any atom is -0.465 e. The van der Waals surface area contributed by atoms with Crippen LogP contribution in [0.15, 0.2) is 24.3 Å². The number of carbonyl (C=O) groups is 12. The highest BCUT2D eigenvalue weighted by molar-refractivity contribution is 5.96. The maximum Gasteiger partial charge on any atom is 0.338 e. The van der Waals surface area contributed by atoms with E-state index in [1.165, 1.54) is 52.0 Å². The van der Waals surface area contributed by atoms with Crippen LogP contribution < -0.4 is 0 Å². The van der Waals surface area contributed by atoms with Crippen LogP contribution in [0, 0.1) is 22.7 Å². The van der Waals surface area contributed by atoms with E-state index in [4.69, 9.17) is 37.9 Å². The molecule has 1 aromatic carbocycles. The van der Waals surface area contributed by atoms with Crippen LogP contribution in [-0.4, -0.2) is 124 Å². The molecule has 1 aliphatic rings. The molecule has 0 radical (unpaired) electrons. The quantitative estimate of drug-likeness (QED) is 0.0478. The fraction of sp³-hybridized carbons (Fsp3) is 0.609. The van der Waals surface area contributed by atoms with Crippen LogP contribution in [0.2, 0.25) is 0 Å². The molecular formula is C46H60O20. The van der Waals surface area contributed by atoms with E-state index in [0.717, 1.165) is 0 Å². The summed E-state index contributed by atoms with van der Waals surface area (Å²) in [7, 11) is 0. The van der Waals surface area contributed by atoms with Gasteiger partial charge in [0.25, 0.3) is 0 Å². The van der Waals surface area contributed by atoms with Gasteiger partial charge in [0.2, 0.25) is 0 Å². The van der Waals surface area contributed by atoms with Crippen molar-refractivity contribution in [1.29, 1.82) is 0 Å². The number of benzene rings is 1. The number of hydrogen-bond donors (Lipinski definition) is 0. The molecule has 66 heavy (non-hydrogen) atoms. The number of Topliss-reactive ketones (excluding diaryl/α,β-unsaturated/α-hetero) is 4. The van der Waals surface area contributed by atoms with Gasteiger partial charge in [-0.1, -0.05) is 19.9 Å². The van der Waals surface area contributed by atoms with Crippen molar-refractivity contribution in [2.45, 2.75) is 106 Å².